The van der Waals surface area contributed by atoms with E-state index in [0.717, 1.165) is 5.56 Å². The second-order valence-corrected chi connectivity index (χ2v) is 5.57. The fraction of sp³-hybridized carbons (Fsp3) is 0.211. The van der Waals surface area contributed by atoms with Gasteiger partial charge in [-0.05, 0) is 60.9 Å². The zero-order chi connectivity index (χ0) is 17.7. The number of methoxy groups -OCH3 is 1. The standard InChI is InChI=1S/C19H19ClO4/c1-4-24-18-8-5-13(11-17(18)20)10-16(19(21)22)15-7-6-14(23-3)9-12(15)2/h5-11H,4H2,1-3H3,(H,21,22)/b16-10-. The molecule has 0 saturated carbocycles. The Bertz CT molecular complexity index is 781. The highest BCUT2D eigenvalue weighted by molar-refractivity contribution is 6.32. The summed E-state index contributed by atoms with van der Waals surface area (Å²) in [6, 6.07) is 10.5. The maximum absolute atomic E-state index is 11.7. The molecule has 0 fully saturated rings. The molecular weight excluding hydrogens is 328 g/mol. The highest BCUT2D eigenvalue weighted by Gasteiger charge is 2.14. The summed E-state index contributed by atoms with van der Waals surface area (Å²) in [5, 5.41) is 10.0. The van der Waals surface area contributed by atoms with Gasteiger partial charge < -0.3 is 14.6 Å². The molecule has 0 aliphatic carbocycles. The fourth-order valence-electron chi connectivity index (χ4n) is 2.37. The minimum absolute atomic E-state index is 0.190. The number of hydrogen-bond donors (Lipinski definition) is 1. The van der Waals surface area contributed by atoms with Gasteiger partial charge in [-0.25, -0.2) is 4.79 Å². The summed E-state index contributed by atoms with van der Waals surface area (Å²) < 4.78 is 10.6. The van der Waals surface area contributed by atoms with Crippen LogP contribution >= 0.6 is 11.6 Å². The predicted molar refractivity (Wildman–Crippen MR) is 95.9 cm³/mol. The maximum Gasteiger partial charge on any atom is 0.336 e. The molecule has 2 aromatic rings. The van der Waals surface area contributed by atoms with Crippen molar-refractivity contribution in [2.45, 2.75) is 13.8 Å². The van der Waals surface area contributed by atoms with Crippen LogP contribution in [-0.2, 0) is 4.79 Å². The number of benzene rings is 2. The summed E-state index contributed by atoms with van der Waals surface area (Å²) in [7, 11) is 1.57. The molecule has 0 aliphatic heterocycles. The number of ether oxygens (including phenoxy) is 2. The molecule has 0 saturated heterocycles. The van der Waals surface area contributed by atoms with Crippen molar-refractivity contribution in [3.63, 3.8) is 0 Å². The van der Waals surface area contributed by atoms with Gasteiger partial charge in [-0.2, -0.15) is 0 Å². The molecule has 2 rings (SSSR count). The van der Waals surface area contributed by atoms with E-state index < -0.39 is 5.97 Å². The van der Waals surface area contributed by atoms with Gasteiger partial charge in [0.2, 0.25) is 0 Å². The number of aryl methyl sites for hydroxylation is 1. The summed E-state index contributed by atoms with van der Waals surface area (Å²) in [6.45, 7) is 4.24. The summed E-state index contributed by atoms with van der Waals surface area (Å²) in [5.41, 5.74) is 2.33. The van der Waals surface area contributed by atoms with E-state index in [1.165, 1.54) is 0 Å². The zero-order valence-electron chi connectivity index (χ0n) is 13.8. The number of rotatable bonds is 6. The van der Waals surface area contributed by atoms with Gasteiger partial charge in [0.25, 0.3) is 0 Å². The zero-order valence-corrected chi connectivity index (χ0v) is 14.6. The van der Waals surface area contributed by atoms with Gasteiger partial charge >= 0.3 is 5.97 Å². The van der Waals surface area contributed by atoms with E-state index in [1.807, 2.05) is 13.8 Å². The first-order chi connectivity index (χ1) is 11.5. The van der Waals surface area contributed by atoms with Crippen LogP contribution in [0.1, 0.15) is 23.6 Å². The van der Waals surface area contributed by atoms with Crippen LogP contribution in [0.15, 0.2) is 36.4 Å². The van der Waals surface area contributed by atoms with Gasteiger partial charge in [0.05, 0.1) is 24.3 Å². The second kappa shape index (κ2) is 7.88. The Labute approximate surface area is 146 Å². The van der Waals surface area contributed by atoms with Crippen molar-refractivity contribution in [1.29, 1.82) is 0 Å². The lowest BCUT2D eigenvalue weighted by Gasteiger charge is -2.10. The largest absolute Gasteiger partial charge is 0.497 e. The predicted octanol–water partition coefficient (Wildman–Crippen LogP) is 4.68. The summed E-state index contributed by atoms with van der Waals surface area (Å²) in [5.74, 6) is 0.257. The fourth-order valence-corrected chi connectivity index (χ4v) is 2.61. The van der Waals surface area contributed by atoms with E-state index >= 15 is 0 Å². The van der Waals surface area contributed by atoms with Crippen molar-refractivity contribution in [3.05, 3.63) is 58.1 Å². The Kier molecular flexibility index (Phi) is 5.88. The van der Waals surface area contributed by atoms with Gasteiger partial charge in [-0.15, -0.1) is 0 Å². The molecular formula is C19H19ClO4. The van der Waals surface area contributed by atoms with Crippen molar-refractivity contribution >= 4 is 29.2 Å². The first kappa shape index (κ1) is 17.9. The molecule has 0 atom stereocenters. The van der Waals surface area contributed by atoms with Crippen LogP contribution < -0.4 is 9.47 Å². The van der Waals surface area contributed by atoms with Gasteiger partial charge in [0.1, 0.15) is 11.5 Å². The molecule has 5 heteroatoms. The van der Waals surface area contributed by atoms with Gasteiger partial charge in [-0.1, -0.05) is 23.7 Å². The highest BCUT2D eigenvalue weighted by atomic mass is 35.5. The van der Waals surface area contributed by atoms with Crippen LogP contribution in [0.4, 0.5) is 0 Å². The third-order valence-corrected chi connectivity index (χ3v) is 3.82. The van der Waals surface area contributed by atoms with E-state index in [-0.39, 0.29) is 5.57 Å². The number of hydrogen-bond acceptors (Lipinski definition) is 3. The van der Waals surface area contributed by atoms with E-state index in [2.05, 4.69) is 0 Å². The Morgan fingerprint density at radius 1 is 1.25 bits per heavy atom. The number of carbonyl (C=O) groups is 1. The molecule has 0 aliphatic rings. The summed E-state index contributed by atoms with van der Waals surface area (Å²) >= 11 is 6.17. The topological polar surface area (TPSA) is 55.8 Å². The highest BCUT2D eigenvalue weighted by Crippen LogP contribution is 2.29. The first-order valence-electron chi connectivity index (χ1n) is 7.48. The number of carboxylic acids is 1. The normalized spacial score (nSPS) is 11.2. The third kappa shape index (κ3) is 4.09. The van der Waals surface area contributed by atoms with E-state index in [4.69, 9.17) is 21.1 Å². The van der Waals surface area contributed by atoms with Crippen molar-refractivity contribution in [2.75, 3.05) is 13.7 Å². The Morgan fingerprint density at radius 3 is 2.54 bits per heavy atom. The van der Waals surface area contributed by atoms with Crippen molar-refractivity contribution in [1.82, 2.24) is 0 Å². The minimum Gasteiger partial charge on any atom is -0.497 e. The molecule has 0 radical (unpaired) electrons. The van der Waals surface area contributed by atoms with Gasteiger partial charge in [-0.3, -0.25) is 0 Å². The number of carboxylic acid groups (broad SMARTS) is 1. The molecule has 1 N–H and O–H groups in total. The average molecular weight is 347 g/mol. The summed E-state index contributed by atoms with van der Waals surface area (Å²) in [4.78, 5) is 11.7. The summed E-state index contributed by atoms with van der Waals surface area (Å²) in [6.07, 6.45) is 1.60. The Hall–Kier alpha value is -2.46. The Balaban J connectivity index is 2.46. The monoisotopic (exact) mass is 346 g/mol. The lowest BCUT2D eigenvalue weighted by molar-refractivity contribution is -0.130. The molecule has 4 nitrogen and oxygen atoms in total. The van der Waals surface area contributed by atoms with Crippen molar-refractivity contribution < 1.29 is 19.4 Å². The van der Waals surface area contributed by atoms with E-state index in [0.29, 0.717) is 34.3 Å². The first-order valence-corrected chi connectivity index (χ1v) is 7.86. The molecule has 0 bridgehead atoms. The number of aliphatic carboxylic acids is 1. The minimum atomic E-state index is -1.01. The lowest BCUT2D eigenvalue weighted by atomic mass is 9.98. The second-order valence-electron chi connectivity index (χ2n) is 5.17. The molecule has 0 spiro atoms. The molecule has 0 unspecified atom stereocenters. The van der Waals surface area contributed by atoms with Crippen LogP contribution in [0.25, 0.3) is 11.6 Å². The van der Waals surface area contributed by atoms with Crippen LogP contribution in [0.5, 0.6) is 11.5 Å². The van der Waals surface area contributed by atoms with Gasteiger partial charge in [0.15, 0.2) is 0 Å². The molecule has 2 aromatic carbocycles. The quantitative estimate of drug-likeness (QED) is 0.609. The van der Waals surface area contributed by atoms with Crippen LogP contribution in [-0.4, -0.2) is 24.8 Å². The van der Waals surface area contributed by atoms with Crippen LogP contribution in [0, 0.1) is 6.92 Å². The van der Waals surface area contributed by atoms with E-state index in [9.17, 15) is 9.90 Å². The maximum atomic E-state index is 11.7. The average Bonchev–Trinajstić information content (AvgIpc) is 2.55. The van der Waals surface area contributed by atoms with Crippen molar-refractivity contribution in [2.24, 2.45) is 0 Å². The third-order valence-electron chi connectivity index (χ3n) is 3.52. The molecule has 0 aromatic heterocycles. The molecule has 0 amide bonds. The van der Waals surface area contributed by atoms with Gasteiger partial charge in [0, 0.05) is 0 Å². The lowest BCUT2D eigenvalue weighted by Crippen LogP contribution is -2.02. The number of halogens is 1. The molecule has 126 valence electrons. The van der Waals surface area contributed by atoms with E-state index in [1.54, 1.807) is 49.6 Å². The molecule has 24 heavy (non-hydrogen) atoms. The Morgan fingerprint density at radius 2 is 2.00 bits per heavy atom. The smallest absolute Gasteiger partial charge is 0.336 e. The molecule has 0 heterocycles. The van der Waals surface area contributed by atoms with Crippen LogP contribution in [0.3, 0.4) is 0 Å². The SMILES string of the molecule is CCOc1ccc(/C=C(\C(=O)O)c2ccc(OC)cc2C)cc1Cl. The van der Waals surface area contributed by atoms with Crippen LogP contribution in [0.2, 0.25) is 5.02 Å². The van der Waals surface area contributed by atoms with Crippen molar-refractivity contribution in [3.8, 4) is 11.5 Å².